The smallest absolute Gasteiger partial charge is 0.343 e. The highest BCUT2D eigenvalue weighted by atomic mass is 16.5. The Morgan fingerprint density at radius 2 is 1.96 bits per heavy atom. The number of carbonyl (C=O) groups is 1. The summed E-state index contributed by atoms with van der Waals surface area (Å²) >= 11 is 0. The average molecular weight is 353 g/mol. The summed E-state index contributed by atoms with van der Waals surface area (Å²) in [7, 11) is 0. The second-order valence-corrected chi connectivity index (χ2v) is 5.41. The topological polar surface area (TPSA) is 81.8 Å². The first-order valence-corrected chi connectivity index (χ1v) is 8.29. The zero-order valence-electron chi connectivity index (χ0n) is 14.3. The molecule has 0 fully saturated rings. The Hall–Kier alpha value is -3.12. The largest absolute Gasteiger partial charge is 0.491 e. The first-order chi connectivity index (χ1) is 12.7. The van der Waals surface area contributed by atoms with Crippen molar-refractivity contribution in [3.8, 4) is 5.75 Å². The van der Waals surface area contributed by atoms with Gasteiger partial charge in [-0.05, 0) is 42.8 Å². The maximum absolute atomic E-state index is 12.4. The molecule has 0 unspecified atom stereocenters. The lowest BCUT2D eigenvalue weighted by Crippen LogP contribution is -2.07. The van der Waals surface area contributed by atoms with E-state index in [2.05, 4.69) is 4.98 Å². The van der Waals surface area contributed by atoms with Crippen LogP contribution in [-0.4, -0.2) is 35.9 Å². The molecular weight excluding hydrogens is 334 g/mol. The maximum Gasteiger partial charge on any atom is 0.343 e. The number of para-hydroxylation sites is 2. The molecule has 26 heavy (non-hydrogen) atoms. The van der Waals surface area contributed by atoms with Crippen LogP contribution in [0.4, 0.5) is 0 Å². The Morgan fingerprint density at radius 1 is 1.19 bits per heavy atom. The van der Waals surface area contributed by atoms with Crippen molar-refractivity contribution in [2.45, 2.75) is 6.92 Å². The van der Waals surface area contributed by atoms with Gasteiger partial charge in [-0.2, -0.15) is 0 Å². The number of oxazole rings is 1. The number of fused-ring (bicyclic) bond motifs is 1. The number of hydrogen-bond donors (Lipinski definition) is 1. The molecule has 0 aliphatic carbocycles. The lowest BCUT2D eigenvalue weighted by atomic mass is 10.1. The van der Waals surface area contributed by atoms with Gasteiger partial charge in [-0.3, -0.25) is 0 Å². The molecule has 0 saturated heterocycles. The van der Waals surface area contributed by atoms with Gasteiger partial charge in [-0.1, -0.05) is 24.3 Å². The summed E-state index contributed by atoms with van der Waals surface area (Å²) in [5.74, 6) is 0.348. The van der Waals surface area contributed by atoms with Crippen molar-refractivity contribution in [3.63, 3.8) is 0 Å². The van der Waals surface area contributed by atoms with Gasteiger partial charge in [0, 0.05) is 0 Å². The molecule has 1 heterocycles. The highest BCUT2D eigenvalue weighted by Crippen LogP contribution is 2.24. The molecule has 3 aromatic rings. The predicted molar refractivity (Wildman–Crippen MR) is 97.5 cm³/mol. The van der Waals surface area contributed by atoms with Crippen molar-refractivity contribution < 1.29 is 23.8 Å². The molecule has 6 nitrogen and oxygen atoms in total. The van der Waals surface area contributed by atoms with Crippen LogP contribution in [0.3, 0.4) is 0 Å². The van der Waals surface area contributed by atoms with Gasteiger partial charge >= 0.3 is 5.97 Å². The normalized spacial score (nSPS) is 11.5. The van der Waals surface area contributed by atoms with E-state index in [9.17, 15) is 4.79 Å². The van der Waals surface area contributed by atoms with Gasteiger partial charge in [-0.25, -0.2) is 9.78 Å². The summed E-state index contributed by atoms with van der Waals surface area (Å²) < 4.78 is 16.2. The highest BCUT2D eigenvalue weighted by molar-refractivity contribution is 6.20. The van der Waals surface area contributed by atoms with Gasteiger partial charge in [0.15, 0.2) is 5.58 Å². The zero-order valence-corrected chi connectivity index (χ0v) is 14.3. The third-order valence-electron chi connectivity index (χ3n) is 3.57. The summed E-state index contributed by atoms with van der Waals surface area (Å²) in [5.41, 5.74) is 2.29. The van der Waals surface area contributed by atoms with Gasteiger partial charge in [0.1, 0.15) is 23.4 Å². The molecule has 0 aliphatic rings. The average Bonchev–Trinajstić information content (AvgIpc) is 3.09. The fourth-order valence-electron chi connectivity index (χ4n) is 2.39. The molecule has 6 heteroatoms. The van der Waals surface area contributed by atoms with Crippen LogP contribution in [0, 0.1) is 0 Å². The SMILES string of the molecule is CCOC(=O)C(=Cc1ccc(OCCO)cc1)c1nc2ccccc2o1. The fraction of sp³-hybridized carbons (Fsp3) is 0.200. The molecule has 134 valence electrons. The molecule has 2 aromatic carbocycles. The molecule has 1 aromatic heterocycles. The molecular formula is C20H19NO5. The van der Waals surface area contributed by atoms with E-state index in [1.807, 2.05) is 18.2 Å². The molecule has 3 rings (SSSR count). The molecule has 0 amide bonds. The molecule has 1 N–H and O–H groups in total. The van der Waals surface area contributed by atoms with Crippen LogP contribution in [0.25, 0.3) is 22.7 Å². The molecule has 0 spiro atoms. The number of aliphatic hydroxyl groups is 1. The first kappa shape index (κ1) is 17.7. The third-order valence-corrected chi connectivity index (χ3v) is 3.57. The first-order valence-electron chi connectivity index (χ1n) is 8.29. The van der Waals surface area contributed by atoms with E-state index in [0.717, 1.165) is 5.56 Å². The highest BCUT2D eigenvalue weighted by Gasteiger charge is 2.19. The predicted octanol–water partition coefficient (Wildman–Crippen LogP) is 3.30. The van der Waals surface area contributed by atoms with Gasteiger partial charge in [-0.15, -0.1) is 0 Å². The van der Waals surface area contributed by atoms with Crippen LogP contribution in [0.1, 0.15) is 18.4 Å². The fourth-order valence-corrected chi connectivity index (χ4v) is 2.39. The van der Waals surface area contributed by atoms with Crippen molar-refractivity contribution in [2.75, 3.05) is 19.8 Å². The quantitative estimate of drug-likeness (QED) is 0.518. The van der Waals surface area contributed by atoms with E-state index < -0.39 is 5.97 Å². The van der Waals surface area contributed by atoms with Gasteiger partial charge in [0.25, 0.3) is 0 Å². The van der Waals surface area contributed by atoms with Crippen molar-refractivity contribution in [2.24, 2.45) is 0 Å². The lowest BCUT2D eigenvalue weighted by molar-refractivity contribution is -0.136. The summed E-state index contributed by atoms with van der Waals surface area (Å²) in [6.45, 7) is 2.18. The van der Waals surface area contributed by atoms with Crippen LogP contribution in [0.5, 0.6) is 5.75 Å². The van der Waals surface area contributed by atoms with Gasteiger partial charge in [0.2, 0.25) is 5.89 Å². The number of carbonyl (C=O) groups excluding carboxylic acids is 1. The molecule has 0 bridgehead atoms. The summed E-state index contributed by atoms with van der Waals surface area (Å²) in [4.78, 5) is 16.8. The van der Waals surface area contributed by atoms with E-state index in [1.54, 1.807) is 43.3 Å². The number of rotatable bonds is 7. The molecule has 0 aliphatic heterocycles. The number of aliphatic hydroxyl groups excluding tert-OH is 1. The van der Waals surface area contributed by atoms with Crippen LogP contribution in [0.15, 0.2) is 52.9 Å². The van der Waals surface area contributed by atoms with E-state index in [-0.39, 0.29) is 31.3 Å². The Kier molecular flexibility index (Phi) is 5.66. The van der Waals surface area contributed by atoms with Crippen LogP contribution in [0.2, 0.25) is 0 Å². The second-order valence-electron chi connectivity index (χ2n) is 5.41. The standard InChI is InChI=1S/C20H19NO5/c1-2-24-20(23)16(19-21-17-5-3-4-6-18(17)26-19)13-14-7-9-15(10-8-14)25-12-11-22/h3-10,13,22H,2,11-12H2,1H3. The minimum atomic E-state index is -0.500. The Bertz CT molecular complexity index is 878. The van der Waals surface area contributed by atoms with Crippen LogP contribution in [-0.2, 0) is 9.53 Å². The zero-order chi connectivity index (χ0) is 18.4. The monoisotopic (exact) mass is 353 g/mol. The maximum atomic E-state index is 12.4. The number of aromatic nitrogens is 1. The Balaban J connectivity index is 1.95. The van der Waals surface area contributed by atoms with Crippen molar-refractivity contribution in [1.82, 2.24) is 4.98 Å². The van der Waals surface area contributed by atoms with Crippen molar-refractivity contribution >= 4 is 28.7 Å². The van der Waals surface area contributed by atoms with E-state index in [1.165, 1.54) is 0 Å². The van der Waals surface area contributed by atoms with E-state index >= 15 is 0 Å². The Labute approximate surface area is 150 Å². The molecule has 0 saturated carbocycles. The van der Waals surface area contributed by atoms with Gasteiger partial charge in [0.05, 0.1) is 13.2 Å². The summed E-state index contributed by atoms with van der Waals surface area (Å²) in [6, 6.07) is 14.4. The minimum absolute atomic E-state index is 0.0492. The van der Waals surface area contributed by atoms with Crippen LogP contribution < -0.4 is 4.74 Å². The molecule has 0 atom stereocenters. The molecule has 0 radical (unpaired) electrons. The number of benzene rings is 2. The van der Waals surface area contributed by atoms with Crippen LogP contribution >= 0.6 is 0 Å². The number of ether oxygens (including phenoxy) is 2. The minimum Gasteiger partial charge on any atom is -0.491 e. The number of esters is 1. The van der Waals surface area contributed by atoms with E-state index in [0.29, 0.717) is 16.8 Å². The van der Waals surface area contributed by atoms with Gasteiger partial charge < -0.3 is 19.0 Å². The third kappa shape index (κ3) is 4.10. The van der Waals surface area contributed by atoms with Crippen molar-refractivity contribution in [3.05, 3.63) is 60.0 Å². The second kappa shape index (κ2) is 8.31. The summed E-state index contributed by atoms with van der Waals surface area (Å²) in [5, 5.41) is 8.80. The lowest BCUT2D eigenvalue weighted by Gasteiger charge is -2.06. The summed E-state index contributed by atoms with van der Waals surface area (Å²) in [6.07, 6.45) is 1.67. The number of hydrogen-bond acceptors (Lipinski definition) is 6. The van der Waals surface area contributed by atoms with E-state index in [4.69, 9.17) is 19.0 Å². The Morgan fingerprint density at radius 3 is 2.65 bits per heavy atom. The number of nitrogens with zero attached hydrogens (tertiary/aromatic N) is 1. The van der Waals surface area contributed by atoms with Crippen molar-refractivity contribution in [1.29, 1.82) is 0 Å².